The fourth-order valence-electron chi connectivity index (χ4n) is 3.03. The minimum absolute atomic E-state index is 0.124. The zero-order valence-electron chi connectivity index (χ0n) is 15.3. The van der Waals surface area contributed by atoms with Crippen LogP contribution in [-0.2, 0) is 0 Å². The van der Waals surface area contributed by atoms with Gasteiger partial charge in [-0.2, -0.15) is 5.10 Å². The van der Waals surface area contributed by atoms with Crippen molar-refractivity contribution >= 4 is 40.3 Å². The molecule has 8 heteroatoms. The number of halogens is 2. The highest BCUT2D eigenvalue weighted by molar-refractivity contribution is 7.14. The summed E-state index contributed by atoms with van der Waals surface area (Å²) in [6.45, 7) is 0. The van der Waals surface area contributed by atoms with Gasteiger partial charge in [0.25, 0.3) is 0 Å². The van der Waals surface area contributed by atoms with Crippen LogP contribution in [0.25, 0.3) is 11.3 Å². The third-order valence-electron chi connectivity index (χ3n) is 4.80. The number of anilines is 1. The lowest BCUT2D eigenvalue weighted by Gasteiger charge is -2.33. The summed E-state index contributed by atoms with van der Waals surface area (Å²) in [5.74, 6) is -1.79. The van der Waals surface area contributed by atoms with E-state index in [2.05, 4.69) is 5.10 Å². The van der Waals surface area contributed by atoms with Gasteiger partial charge in [0.1, 0.15) is 5.82 Å². The second kappa shape index (κ2) is 8.31. The van der Waals surface area contributed by atoms with Crippen LogP contribution in [0.3, 0.4) is 0 Å². The van der Waals surface area contributed by atoms with Gasteiger partial charge in [-0.15, -0.1) is 11.3 Å². The Labute approximate surface area is 176 Å². The van der Waals surface area contributed by atoms with Crippen LogP contribution in [0, 0.1) is 5.82 Å². The van der Waals surface area contributed by atoms with Gasteiger partial charge < -0.3 is 5.11 Å². The first-order chi connectivity index (χ1) is 14.0. The number of hydrogen-bond donors (Lipinski definition) is 1. The highest BCUT2D eigenvalue weighted by atomic mass is 35.5. The molecule has 0 spiro atoms. The molecule has 0 amide bonds. The summed E-state index contributed by atoms with van der Waals surface area (Å²) in [7, 11) is 0. The van der Waals surface area contributed by atoms with E-state index in [0.717, 1.165) is 41.7 Å². The summed E-state index contributed by atoms with van der Waals surface area (Å²) >= 11 is 7.55. The number of thiazole rings is 1. The maximum Gasteiger partial charge on any atom is 0.336 e. The van der Waals surface area contributed by atoms with Crippen LogP contribution in [0.1, 0.15) is 35.2 Å². The van der Waals surface area contributed by atoms with Crippen molar-refractivity contribution in [2.45, 2.75) is 25.3 Å². The van der Waals surface area contributed by atoms with Crippen molar-refractivity contribution in [3.63, 3.8) is 0 Å². The topological polar surface area (TPSA) is 65.8 Å². The third kappa shape index (κ3) is 4.31. The normalized spacial score (nSPS) is 14.1. The number of hydrazone groups is 1. The lowest BCUT2D eigenvalue weighted by Crippen LogP contribution is -2.36. The van der Waals surface area contributed by atoms with Gasteiger partial charge in [-0.1, -0.05) is 23.7 Å². The van der Waals surface area contributed by atoms with Crippen LogP contribution in [0.15, 0.2) is 52.9 Å². The third-order valence-corrected chi connectivity index (χ3v) is 5.86. The van der Waals surface area contributed by atoms with Crippen molar-refractivity contribution in [2.24, 2.45) is 5.10 Å². The summed E-state index contributed by atoms with van der Waals surface area (Å²) in [4.78, 5) is 16.1. The minimum atomic E-state index is -1.20. The Bertz CT molecular complexity index is 1080. The molecule has 2 aromatic carbocycles. The number of aromatic carboxylic acids is 1. The number of benzene rings is 2. The van der Waals surface area contributed by atoms with E-state index in [0.29, 0.717) is 10.6 Å². The lowest BCUT2D eigenvalue weighted by atomic mass is 9.93. The Morgan fingerprint density at radius 2 is 2.14 bits per heavy atom. The number of carboxylic acid groups (broad SMARTS) is 1. The van der Waals surface area contributed by atoms with Crippen LogP contribution in [-0.4, -0.2) is 28.3 Å². The number of carboxylic acids is 1. The molecule has 1 N–H and O–H groups in total. The molecule has 3 aromatic rings. The Hall–Kier alpha value is -2.77. The maximum atomic E-state index is 13.4. The van der Waals surface area contributed by atoms with Crippen LogP contribution in [0.2, 0.25) is 5.02 Å². The average Bonchev–Trinajstić information content (AvgIpc) is 3.14. The van der Waals surface area contributed by atoms with Gasteiger partial charge in [-0.05, 0) is 49.6 Å². The number of aromatic nitrogens is 1. The Morgan fingerprint density at radius 1 is 1.31 bits per heavy atom. The van der Waals surface area contributed by atoms with Crippen LogP contribution in [0.4, 0.5) is 9.52 Å². The van der Waals surface area contributed by atoms with Gasteiger partial charge >= 0.3 is 5.97 Å². The van der Waals surface area contributed by atoms with Gasteiger partial charge in [0.2, 0.25) is 5.13 Å². The van der Waals surface area contributed by atoms with E-state index in [4.69, 9.17) is 16.6 Å². The second-order valence-corrected chi connectivity index (χ2v) is 8.01. The molecule has 0 bridgehead atoms. The van der Waals surface area contributed by atoms with Gasteiger partial charge in [-0.3, -0.25) is 0 Å². The molecule has 148 valence electrons. The molecule has 0 radical (unpaired) electrons. The molecule has 0 unspecified atom stereocenters. The van der Waals surface area contributed by atoms with Crippen molar-refractivity contribution in [1.29, 1.82) is 0 Å². The first-order valence-corrected chi connectivity index (χ1v) is 10.3. The Morgan fingerprint density at radius 3 is 2.83 bits per heavy atom. The molecule has 1 heterocycles. The van der Waals surface area contributed by atoms with Crippen molar-refractivity contribution in [3.8, 4) is 11.3 Å². The molecule has 0 aliphatic heterocycles. The molecule has 5 nitrogen and oxygen atoms in total. The SMILES string of the molecule is O=C(O)c1cc(F)ccc1/C=N/N(c1nc(-c2cccc(Cl)c2)cs1)C1CCC1. The van der Waals surface area contributed by atoms with Crippen molar-refractivity contribution in [2.75, 3.05) is 5.01 Å². The molecule has 0 saturated heterocycles. The van der Waals surface area contributed by atoms with E-state index in [9.17, 15) is 14.3 Å². The quantitative estimate of drug-likeness (QED) is 0.403. The fourth-order valence-corrected chi connectivity index (χ4v) is 4.08. The maximum absolute atomic E-state index is 13.4. The monoisotopic (exact) mass is 429 g/mol. The molecular formula is C21H17ClFN3O2S. The van der Waals surface area contributed by atoms with E-state index in [1.165, 1.54) is 29.7 Å². The zero-order valence-corrected chi connectivity index (χ0v) is 16.8. The molecule has 0 atom stereocenters. The summed E-state index contributed by atoms with van der Waals surface area (Å²) in [5.41, 5.74) is 1.94. The highest BCUT2D eigenvalue weighted by Gasteiger charge is 2.27. The largest absolute Gasteiger partial charge is 0.478 e. The predicted molar refractivity (Wildman–Crippen MR) is 114 cm³/mol. The van der Waals surface area contributed by atoms with Crippen molar-refractivity contribution < 1.29 is 14.3 Å². The van der Waals surface area contributed by atoms with E-state index >= 15 is 0 Å². The lowest BCUT2D eigenvalue weighted by molar-refractivity contribution is 0.0696. The van der Waals surface area contributed by atoms with E-state index in [1.54, 1.807) is 0 Å². The fraction of sp³-hybridized carbons (Fsp3) is 0.190. The van der Waals surface area contributed by atoms with Crippen LogP contribution >= 0.6 is 22.9 Å². The summed E-state index contributed by atoms with van der Waals surface area (Å²) in [6, 6.07) is 11.3. The Balaban J connectivity index is 1.65. The number of hydrogen-bond acceptors (Lipinski definition) is 5. The van der Waals surface area contributed by atoms with Crippen LogP contribution < -0.4 is 5.01 Å². The molecular weight excluding hydrogens is 413 g/mol. The van der Waals surface area contributed by atoms with E-state index in [-0.39, 0.29) is 11.6 Å². The zero-order chi connectivity index (χ0) is 20.4. The van der Waals surface area contributed by atoms with Gasteiger partial charge in [0.05, 0.1) is 23.5 Å². The molecule has 1 aromatic heterocycles. The summed E-state index contributed by atoms with van der Waals surface area (Å²) in [6.07, 6.45) is 4.54. The predicted octanol–water partition coefficient (Wildman–Crippen LogP) is 5.69. The van der Waals surface area contributed by atoms with Gasteiger partial charge in [0.15, 0.2) is 0 Å². The molecule has 1 fully saturated rings. The Kier molecular flexibility index (Phi) is 5.60. The molecule has 1 saturated carbocycles. The number of rotatable bonds is 6. The summed E-state index contributed by atoms with van der Waals surface area (Å²) in [5, 5.41) is 19.0. The van der Waals surface area contributed by atoms with Gasteiger partial charge in [0, 0.05) is 21.5 Å². The second-order valence-electron chi connectivity index (χ2n) is 6.74. The first-order valence-electron chi connectivity index (χ1n) is 9.09. The molecule has 1 aliphatic rings. The smallest absolute Gasteiger partial charge is 0.336 e. The van der Waals surface area contributed by atoms with Gasteiger partial charge in [-0.25, -0.2) is 19.2 Å². The van der Waals surface area contributed by atoms with Crippen molar-refractivity contribution in [1.82, 2.24) is 4.98 Å². The minimum Gasteiger partial charge on any atom is -0.478 e. The average molecular weight is 430 g/mol. The molecule has 1 aliphatic carbocycles. The molecule has 29 heavy (non-hydrogen) atoms. The highest BCUT2D eigenvalue weighted by Crippen LogP contribution is 2.34. The summed E-state index contributed by atoms with van der Waals surface area (Å²) < 4.78 is 13.4. The van der Waals surface area contributed by atoms with E-state index < -0.39 is 11.8 Å². The van der Waals surface area contributed by atoms with Crippen molar-refractivity contribution in [3.05, 3.63) is 69.8 Å². The van der Waals surface area contributed by atoms with Crippen LogP contribution in [0.5, 0.6) is 0 Å². The standard InChI is InChI=1S/C21H17ClFN3O2S/c22-15-4-1-3-13(9-15)19-12-29-21(25-19)26(17-5-2-6-17)24-11-14-7-8-16(23)10-18(14)20(27)28/h1,3-4,7-12,17H,2,5-6H2,(H,27,28)/b24-11+. The van der Waals surface area contributed by atoms with E-state index in [1.807, 2.05) is 34.7 Å². The first kappa shape index (κ1) is 19.5. The number of nitrogens with zero attached hydrogens (tertiary/aromatic N) is 3. The number of carbonyl (C=O) groups is 1. The molecule has 4 rings (SSSR count).